The normalized spacial score (nSPS) is 12.5. The number of hydrogen-bond acceptors (Lipinski definition) is 6. The Balaban J connectivity index is 3.17. The lowest BCUT2D eigenvalue weighted by molar-refractivity contribution is -0.139. The molecule has 24 heavy (non-hydrogen) atoms. The minimum Gasteiger partial charge on any atom is -0.495 e. The maximum absolute atomic E-state index is 12.5. The summed E-state index contributed by atoms with van der Waals surface area (Å²) in [5.74, 6) is -1.97. The van der Waals surface area contributed by atoms with Crippen LogP contribution in [-0.2, 0) is 19.6 Å². The smallest absolute Gasteiger partial charge is 0.337 e. The van der Waals surface area contributed by atoms with Crippen LogP contribution < -0.4 is 9.46 Å². The monoisotopic (exact) mass is 359 g/mol. The third kappa shape index (κ3) is 4.93. The highest BCUT2D eigenvalue weighted by atomic mass is 32.2. The molecule has 0 heterocycles. The third-order valence-electron chi connectivity index (χ3n) is 3.32. The number of aliphatic carboxylic acids is 1. The zero-order valence-corrected chi connectivity index (χ0v) is 14.6. The summed E-state index contributed by atoms with van der Waals surface area (Å²) in [5, 5.41) is 9.17. The van der Waals surface area contributed by atoms with E-state index in [-0.39, 0.29) is 22.6 Å². The molecule has 0 aromatic heterocycles. The number of carbonyl (C=O) groups is 2. The van der Waals surface area contributed by atoms with Crippen LogP contribution in [0.3, 0.4) is 0 Å². The molecule has 0 saturated heterocycles. The largest absolute Gasteiger partial charge is 0.495 e. The zero-order valence-electron chi connectivity index (χ0n) is 13.7. The van der Waals surface area contributed by atoms with E-state index in [0.29, 0.717) is 6.42 Å². The van der Waals surface area contributed by atoms with Gasteiger partial charge in [-0.05, 0) is 24.6 Å². The predicted octanol–water partition coefficient (Wildman–Crippen LogP) is 1.40. The fourth-order valence-corrected chi connectivity index (χ4v) is 3.40. The Kier molecular flexibility index (Phi) is 7.18. The Morgan fingerprint density at radius 3 is 2.46 bits per heavy atom. The van der Waals surface area contributed by atoms with Crippen molar-refractivity contribution in [3.8, 4) is 5.75 Å². The molecule has 0 amide bonds. The summed E-state index contributed by atoms with van der Waals surface area (Å²) in [4.78, 5) is 22.5. The van der Waals surface area contributed by atoms with Crippen molar-refractivity contribution < 1.29 is 32.6 Å². The first kappa shape index (κ1) is 19.9. The van der Waals surface area contributed by atoms with Crippen LogP contribution in [0, 0.1) is 0 Å². The molecule has 1 aromatic carbocycles. The topological polar surface area (TPSA) is 119 Å². The summed E-state index contributed by atoms with van der Waals surface area (Å²) < 4.78 is 36.7. The number of nitrogens with one attached hydrogen (secondary N) is 1. The van der Waals surface area contributed by atoms with E-state index < -0.39 is 28.0 Å². The number of unbranched alkanes of at least 4 members (excludes halogenated alkanes) is 1. The maximum atomic E-state index is 12.5. The van der Waals surface area contributed by atoms with Crippen LogP contribution in [0.25, 0.3) is 0 Å². The molecule has 0 aliphatic heterocycles. The molecule has 1 atom stereocenters. The van der Waals surface area contributed by atoms with E-state index in [2.05, 4.69) is 9.46 Å². The second-order valence-corrected chi connectivity index (χ2v) is 6.69. The number of carbonyl (C=O) groups excluding carboxylic acids is 1. The lowest BCUT2D eigenvalue weighted by Crippen LogP contribution is -2.40. The van der Waals surface area contributed by atoms with Gasteiger partial charge in [0.25, 0.3) is 0 Å². The Bertz CT molecular complexity index is 700. The second-order valence-electron chi connectivity index (χ2n) is 5.01. The van der Waals surface area contributed by atoms with E-state index >= 15 is 0 Å². The van der Waals surface area contributed by atoms with E-state index in [1.54, 1.807) is 0 Å². The number of methoxy groups -OCH3 is 2. The molecule has 0 saturated carbocycles. The van der Waals surface area contributed by atoms with Gasteiger partial charge in [-0.15, -0.1) is 0 Å². The van der Waals surface area contributed by atoms with Crippen molar-refractivity contribution in [2.45, 2.75) is 37.1 Å². The molecule has 2 N–H and O–H groups in total. The molecular formula is C15H21NO7S. The number of rotatable bonds is 9. The highest BCUT2D eigenvalue weighted by Gasteiger charge is 2.27. The van der Waals surface area contributed by atoms with Gasteiger partial charge < -0.3 is 14.6 Å². The van der Waals surface area contributed by atoms with Crippen molar-refractivity contribution in [2.75, 3.05) is 14.2 Å². The van der Waals surface area contributed by atoms with Crippen LogP contribution in [-0.4, -0.2) is 45.7 Å². The molecule has 0 bridgehead atoms. The number of esters is 1. The fourth-order valence-electron chi connectivity index (χ4n) is 2.03. The van der Waals surface area contributed by atoms with E-state index in [1.807, 2.05) is 6.92 Å². The average molecular weight is 359 g/mol. The van der Waals surface area contributed by atoms with Gasteiger partial charge >= 0.3 is 11.9 Å². The first-order valence-electron chi connectivity index (χ1n) is 7.28. The fraction of sp³-hybridized carbons (Fsp3) is 0.467. The number of carboxylic acids is 1. The molecule has 1 rings (SSSR count). The molecule has 9 heteroatoms. The van der Waals surface area contributed by atoms with Gasteiger partial charge in [-0.3, -0.25) is 4.79 Å². The standard InChI is InChI=1S/C15H21NO7S/c1-4-5-6-11(14(17)18)16-24(20,21)13-8-7-10(15(19)23-3)9-12(13)22-2/h7-9,11,16H,4-6H2,1-3H3,(H,17,18)/t11-/m0/s1. The van der Waals surface area contributed by atoms with Crippen molar-refractivity contribution in [3.63, 3.8) is 0 Å². The van der Waals surface area contributed by atoms with Crippen molar-refractivity contribution in [1.82, 2.24) is 4.72 Å². The Labute approximate surface area is 140 Å². The van der Waals surface area contributed by atoms with Crippen molar-refractivity contribution in [2.24, 2.45) is 0 Å². The van der Waals surface area contributed by atoms with E-state index in [0.717, 1.165) is 6.42 Å². The quantitative estimate of drug-likeness (QED) is 0.640. The van der Waals surface area contributed by atoms with Crippen molar-refractivity contribution in [3.05, 3.63) is 23.8 Å². The van der Waals surface area contributed by atoms with Crippen LogP contribution in [0.4, 0.5) is 0 Å². The summed E-state index contributed by atoms with van der Waals surface area (Å²) in [5.41, 5.74) is 0.120. The summed E-state index contributed by atoms with van der Waals surface area (Å²) in [6.07, 6.45) is 1.48. The molecule has 0 unspecified atom stereocenters. The highest BCUT2D eigenvalue weighted by molar-refractivity contribution is 7.89. The second kappa shape index (κ2) is 8.65. The van der Waals surface area contributed by atoms with Crippen LogP contribution in [0.5, 0.6) is 5.75 Å². The van der Waals surface area contributed by atoms with Gasteiger partial charge in [-0.2, -0.15) is 4.72 Å². The van der Waals surface area contributed by atoms with E-state index in [1.165, 1.54) is 32.4 Å². The van der Waals surface area contributed by atoms with Gasteiger partial charge in [-0.1, -0.05) is 19.8 Å². The molecule has 0 spiro atoms. The predicted molar refractivity (Wildman–Crippen MR) is 85.6 cm³/mol. The first-order chi connectivity index (χ1) is 11.3. The number of carboxylic acid groups (broad SMARTS) is 1. The van der Waals surface area contributed by atoms with Crippen molar-refractivity contribution >= 4 is 22.0 Å². The Morgan fingerprint density at radius 1 is 1.29 bits per heavy atom. The van der Waals surface area contributed by atoms with Gasteiger partial charge in [0.05, 0.1) is 19.8 Å². The number of hydrogen-bond donors (Lipinski definition) is 2. The summed E-state index contributed by atoms with van der Waals surface area (Å²) in [7, 11) is -1.68. The maximum Gasteiger partial charge on any atom is 0.337 e. The molecule has 0 aliphatic carbocycles. The van der Waals surface area contributed by atoms with E-state index in [4.69, 9.17) is 9.84 Å². The summed E-state index contributed by atoms with van der Waals surface area (Å²) in [6.45, 7) is 1.88. The summed E-state index contributed by atoms with van der Waals surface area (Å²) >= 11 is 0. The minimum absolute atomic E-state index is 0.0787. The average Bonchev–Trinajstić information content (AvgIpc) is 2.56. The van der Waals surface area contributed by atoms with Crippen molar-refractivity contribution in [1.29, 1.82) is 0 Å². The number of sulfonamides is 1. The molecular weight excluding hydrogens is 338 g/mol. The number of benzene rings is 1. The minimum atomic E-state index is -4.13. The van der Waals surface area contributed by atoms with Gasteiger partial charge in [-0.25, -0.2) is 13.2 Å². The molecule has 0 fully saturated rings. The van der Waals surface area contributed by atoms with Gasteiger partial charge in [0, 0.05) is 0 Å². The zero-order chi connectivity index (χ0) is 18.3. The highest BCUT2D eigenvalue weighted by Crippen LogP contribution is 2.25. The van der Waals surface area contributed by atoms with Gasteiger partial charge in [0.1, 0.15) is 16.7 Å². The van der Waals surface area contributed by atoms with Crippen LogP contribution in [0.15, 0.2) is 23.1 Å². The van der Waals surface area contributed by atoms with Crippen LogP contribution >= 0.6 is 0 Å². The molecule has 8 nitrogen and oxygen atoms in total. The molecule has 1 aromatic rings. The summed E-state index contributed by atoms with van der Waals surface area (Å²) in [6, 6.07) is 2.43. The SMILES string of the molecule is CCCC[C@H](NS(=O)(=O)c1ccc(C(=O)OC)cc1OC)C(=O)O. The van der Waals surface area contributed by atoms with Crippen LogP contribution in [0.1, 0.15) is 36.5 Å². The van der Waals surface area contributed by atoms with E-state index in [9.17, 15) is 18.0 Å². The van der Waals surface area contributed by atoms with Gasteiger partial charge in [0.15, 0.2) is 0 Å². The molecule has 134 valence electrons. The number of ether oxygens (including phenoxy) is 2. The Hall–Kier alpha value is -2.13. The van der Waals surface area contributed by atoms with Gasteiger partial charge in [0.2, 0.25) is 10.0 Å². The third-order valence-corrected chi connectivity index (χ3v) is 4.83. The lowest BCUT2D eigenvalue weighted by Gasteiger charge is -2.16. The molecule has 0 radical (unpaired) electrons. The van der Waals surface area contributed by atoms with Crippen LogP contribution in [0.2, 0.25) is 0 Å². The lowest BCUT2D eigenvalue weighted by atomic mass is 10.1. The first-order valence-corrected chi connectivity index (χ1v) is 8.76. The molecule has 0 aliphatic rings. The Morgan fingerprint density at radius 2 is 1.96 bits per heavy atom.